The topological polar surface area (TPSA) is 64.1 Å². The molecular weight excluding hydrogens is 322 g/mol. The Balaban J connectivity index is 1.57. The van der Waals surface area contributed by atoms with Crippen LogP contribution in [0.5, 0.6) is 5.75 Å². The molecule has 0 aliphatic rings. The first-order valence-corrected chi connectivity index (χ1v) is 8.54. The third kappa shape index (κ3) is 4.39. The molecule has 3 rings (SSSR count). The highest BCUT2D eigenvalue weighted by Crippen LogP contribution is 2.19. The number of thiazole rings is 1. The molecular formula is C18H17N3O2S. The Morgan fingerprint density at radius 2 is 1.96 bits per heavy atom. The van der Waals surface area contributed by atoms with Crippen LogP contribution in [0.2, 0.25) is 0 Å². The van der Waals surface area contributed by atoms with Crippen molar-refractivity contribution in [3.63, 3.8) is 0 Å². The summed E-state index contributed by atoms with van der Waals surface area (Å²) in [7, 11) is 0. The van der Waals surface area contributed by atoms with Gasteiger partial charge in [0, 0.05) is 30.2 Å². The van der Waals surface area contributed by atoms with Crippen LogP contribution in [0.4, 0.5) is 0 Å². The predicted octanol–water partition coefficient (Wildman–Crippen LogP) is 3.09. The number of rotatable bonds is 7. The van der Waals surface area contributed by atoms with Gasteiger partial charge in [-0.05, 0) is 24.3 Å². The molecule has 0 saturated carbocycles. The zero-order valence-electron chi connectivity index (χ0n) is 13.0. The van der Waals surface area contributed by atoms with Crippen molar-refractivity contribution in [1.82, 2.24) is 15.3 Å². The minimum absolute atomic E-state index is 0.153. The van der Waals surface area contributed by atoms with Gasteiger partial charge >= 0.3 is 0 Å². The van der Waals surface area contributed by atoms with Crippen LogP contribution >= 0.6 is 11.3 Å². The summed E-state index contributed by atoms with van der Waals surface area (Å²) in [6.45, 7) is 0.873. The first kappa shape index (κ1) is 16.1. The summed E-state index contributed by atoms with van der Waals surface area (Å²) in [5, 5.41) is 4.83. The van der Waals surface area contributed by atoms with Gasteiger partial charge in [0.05, 0.1) is 16.8 Å². The van der Waals surface area contributed by atoms with Crippen molar-refractivity contribution in [1.29, 1.82) is 0 Å². The highest BCUT2D eigenvalue weighted by Gasteiger charge is 2.12. The third-order valence-corrected chi connectivity index (χ3v) is 4.02. The fourth-order valence-electron chi connectivity index (χ4n) is 2.19. The number of nitrogens with zero attached hydrogens (tertiary/aromatic N) is 2. The summed E-state index contributed by atoms with van der Waals surface area (Å²) < 4.78 is 5.74. The van der Waals surface area contributed by atoms with Gasteiger partial charge < -0.3 is 10.1 Å². The van der Waals surface area contributed by atoms with E-state index in [-0.39, 0.29) is 5.91 Å². The van der Waals surface area contributed by atoms with Crippen LogP contribution in [0.3, 0.4) is 0 Å². The minimum Gasteiger partial charge on any atom is -0.486 e. The molecule has 2 heterocycles. The van der Waals surface area contributed by atoms with E-state index in [1.54, 1.807) is 23.8 Å². The molecule has 0 fully saturated rings. The van der Waals surface area contributed by atoms with E-state index in [0.717, 1.165) is 11.4 Å². The molecule has 0 aliphatic carbocycles. The minimum atomic E-state index is -0.153. The van der Waals surface area contributed by atoms with Gasteiger partial charge in [-0.3, -0.25) is 9.78 Å². The van der Waals surface area contributed by atoms with Crippen LogP contribution < -0.4 is 10.1 Å². The zero-order valence-corrected chi connectivity index (χ0v) is 13.8. The number of pyridine rings is 1. The van der Waals surface area contributed by atoms with Gasteiger partial charge in [-0.15, -0.1) is 11.3 Å². The molecule has 3 aromatic rings. The lowest BCUT2D eigenvalue weighted by Crippen LogP contribution is -2.26. The van der Waals surface area contributed by atoms with E-state index in [9.17, 15) is 4.79 Å². The number of amides is 1. The molecule has 6 heteroatoms. The van der Waals surface area contributed by atoms with Crippen molar-refractivity contribution < 1.29 is 9.53 Å². The Morgan fingerprint density at radius 3 is 2.75 bits per heavy atom. The maximum Gasteiger partial charge on any atom is 0.255 e. The molecule has 5 nitrogen and oxygen atoms in total. The highest BCUT2D eigenvalue weighted by molar-refractivity contribution is 7.07. The van der Waals surface area contributed by atoms with E-state index in [2.05, 4.69) is 15.3 Å². The second-order valence-corrected chi connectivity index (χ2v) is 5.81. The van der Waals surface area contributed by atoms with Crippen molar-refractivity contribution in [2.75, 3.05) is 6.54 Å². The van der Waals surface area contributed by atoms with Crippen molar-refractivity contribution >= 4 is 17.2 Å². The number of hydrogen-bond acceptors (Lipinski definition) is 5. The van der Waals surface area contributed by atoms with Crippen molar-refractivity contribution in [2.24, 2.45) is 0 Å². The van der Waals surface area contributed by atoms with Crippen LogP contribution in [-0.2, 0) is 13.0 Å². The standard InChI is InChI=1S/C18H17N3O2S/c22-18(20-10-8-14-5-3-4-9-19-14)16-6-1-2-7-17(16)23-11-15-12-24-13-21-15/h1-7,9,12-13H,8,10-11H2,(H,20,22). The summed E-state index contributed by atoms with van der Waals surface area (Å²) in [6.07, 6.45) is 2.44. The zero-order chi connectivity index (χ0) is 16.6. The fourth-order valence-corrected chi connectivity index (χ4v) is 2.73. The molecule has 0 bridgehead atoms. The quantitative estimate of drug-likeness (QED) is 0.718. The molecule has 0 atom stereocenters. The second-order valence-electron chi connectivity index (χ2n) is 5.09. The predicted molar refractivity (Wildman–Crippen MR) is 93.2 cm³/mol. The van der Waals surface area contributed by atoms with Gasteiger partial charge in [0.2, 0.25) is 0 Å². The fraction of sp³-hybridized carbons (Fsp3) is 0.167. The van der Waals surface area contributed by atoms with Gasteiger partial charge in [-0.1, -0.05) is 18.2 Å². The Labute approximate surface area is 144 Å². The molecule has 1 aromatic carbocycles. The molecule has 0 saturated heterocycles. The van der Waals surface area contributed by atoms with E-state index in [1.807, 2.05) is 35.7 Å². The number of nitrogens with one attached hydrogen (secondary N) is 1. The normalized spacial score (nSPS) is 10.3. The Kier molecular flexibility index (Phi) is 5.52. The van der Waals surface area contributed by atoms with Crippen LogP contribution in [0.25, 0.3) is 0 Å². The van der Waals surface area contributed by atoms with Gasteiger partial charge in [0.25, 0.3) is 5.91 Å². The third-order valence-electron chi connectivity index (χ3n) is 3.38. The van der Waals surface area contributed by atoms with Crippen LogP contribution in [0, 0.1) is 0 Å². The number of hydrogen-bond donors (Lipinski definition) is 1. The lowest BCUT2D eigenvalue weighted by Gasteiger charge is -2.11. The molecule has 0 radical (unpaired) electrons. The number of carbonyl (C=O) groups excluding carboxylic acids is 1. The summed E-state index contributed by atoms with van der Waals surface area (Å²) in [6, 6.07) is 13.0. The second kappa shape index (κ2) is 8.21. The van der Waals surface area contributed by atoms with Crippen molar-refractivity contribution in [2.45, 2.75) is 13.0 Å². The maximum atomic E-state index is 12.4. The lowest BCUT2D eigenvalue weighted by atomic mass is 10.2. The van der Waals surface area contributed by atoms with Crippen LogP contribution in [0.1, 0.15) is 21.7 Å². The van der Waals surface area contributed by atoms with E-state index in [0.29, 0.717) is 30.9 Å². The molecule has 0 aliphatic heterocycles. The molecule has 24 heavy (non-hydrogen) atoms. The monoisotopic (exact) mass is 339 g/mol. The number of para-hydroxylation sites is 1. The Hall–Kier alpha value is -2.73. The Morgan fingerprint density at radius 1 is 1.08 bits per heavy atom. The van der Waals surface area contributed by atoms with E-state index < -0.39 is 0 Å². The van der Waals surface area contributed by atoms with Gasteiger partial charge in [-0.2, -0.15) is 0 Å². The first-order valence-electron chi connectivity index (χ1n) is 7.60. The number of ether oxygens (including phenoxy) is 1. The summed E-state index contributed by atoms with van der Waals surface area (Å²) >= 11 is 1.52. The molecule has 0 unspecified atom stereocenters. The number of benzene rings is 1. The average Bonchev–Trinajstić information content (AvgIpc) is 3.14. The van der Waals surface area contributed by atoms with Crippen molar-refractivity contribution in [3.8, 4) is 5.75 Å². The molecule has 122 valence electrons. The van der Waals surface area contributed by atoms with E-state index >= 15 is 0 Å². The van der Waals surface area contributed by atoms with Gasteiger partial charge in [0.1, 0.15) is 12.4 Å². The SMILES string of the molecule is O=C(NCCc1ccccn1)c1ccccc1OCc1cscn1. The van der Waals surface area contributed by atoms with Gasteiger partial charge in [-0.25, -0.2) is 4.98 Å². The first-order chi connectivity index (χ1) is 11.8. The number of aromatic nitrogens is 2. The lowest BCUT2D eigenvalue weighted by molar-refractivity contribution is 0.0949. The smallest absolute Gasteiger partial charge is 0.255 e. The highest BCUT2D eigenvalue weighted by atomic mass is 32.1. The maximum absolute atomic E-state index is 12.4. The average molecular weight is 339 g/mol. The van der Waals surface area contributed by atoms with Crippen LogP contribution in [0.15, 0.2) is 59.6 Å². The number of carbonyl (C=O) groups is 1. The summed E-state index contributed by atoms with van der Waals surface area (Å²) in [5.74, 6) is 0.403. The van der Waals surface area contributed by atoms with Crippen molar-refractivity contribution in [3.05, 3.63) is 76.5 Å². The summed E-state index contributed by atoms with van der Waals surface area (Å²) in [5.41, 5.74) is 4.08. The molecule has 0 spiro atoms. The molecule has 1 N–H and O–H groups in total. The Bertz CT molecular complexity index is 776. The summed E-state index contributed by atoms with van der Waals surface area (Å²) in [4.78, 5) is 20.8. The van der Waals surface area contributed by atoms with Crippen LogP contribution in [-0.4, -0.2) is 22.4 Å². The molecule has 1 amide bonds. The van der Waals surface area contributed by atoms with E-state index in [1.165, 1.54) is 11.3 Å². The molecule has 2 aromatic heterocycles. The van der Waals surface area contributed by atoms with E-state index in [4.69, 9.17) is 4.74 Å². The van der Waals surface area contributed by atoms with Gasteiger partial charge in [0.15, 0.2) is 0 Å². The largest absolute Gasteiger partial charge is 0.486 e.